The Kier molecular flexibility index (Phi) is 6.72. The summed E-state index contributed by atoms with van der Waals surface area (Å²) in [5, 5.41) is 2.00. The second kappa shape index (κ2) is 9.51. The summed E-state index contributed by atoms with van der Waals surface area (Å²) in [6, 6.07) is 0. The predicted octanol–water partition coefficient (Wildman–Crippen LogP) is 2.02. The molecule has 2 aliphatic heterocycles. The molecule has 0 spiro atoms. The van der Waals surface area contributed by atoms with E-state index in [1.807, 2.05) is 5.01 Å². The fourth-order valence-corrected chi connectivity index (χ4v) is 4.18. The van der Waals surface area contributed by atoms with Crippen LogP contribution in [-0.4, -0.2) is 74.5 Å². The van der Waals surface area contributed by atoms with Gasteiger partial charge in [0.2, 0.25) is 5.28 Å². The van der Waals surface area contributed by atoms with Crippen molar-refractivity contribution in [2.24, 2.45) is 0 Å². The number of esters is 2. The zero-order valence-electron chi connectivity index (χ0n) is 17.7. The third kappa shape index (κ3) is 4.62. The van der Waals surface area contributed by atoms with Crippen molar-refractivity contribution in [2.45, 2.75) is 57.6 Å². The van der Waals surface area contributed by atoms with E-state index >= 15 is 0 Å². The lowest BCUT2D eigenvalue weighted by atomic mass is 10.1. The number of carbonyl (C=O) groups is 2. The number of hydrogen-bond acceptors (Lipinski definition) is 10. The van der Waals surface area contributed by atoms with Crippen LogP contribution in [0.2, 0.25) is 5.28 Å². The minimum atomic E-state index is -1.13. The van der Waals surface area contributed by atoms with E-state index in [0.717, 1.165) is 25.9 Å². The largest absolute Gasteiger partial charge is 0.455 e. The van der Waals surface area contributed by atoms with E-state index in [9.17, 15) is 14.0 Å². The molecule has 32 heavy (non-hydrogen) atoms. The molecule has 174 valence electrons. The molecular weight excluding hydrogens is 447 g/mol. The molecule has 11 nitrogen and oxygen atoms in total. The molecule has 0 radical (unpaired) electrons. The maximum Gasteiger partial charge on any atom is 0.303 e. The van der Waals surface area contributed by atoms with Crippen LogP contribution < -0.4 is 5.43 Å². The van der Waals surface area contributed by atoms with Gasteiger partial charge in [0.25, 0.3) is 0 Å². The smallest absolute Gasteiger partial charge is 0.303 e. The number of rotatable bonds is 6. The van der Waals surface area contributed by atoms with Crippen LogP contribution in [0.4, 0.5) is 10.2 Å². The van der Waals surface area contributed by atoms with Crippen molar-refractivity contribution in [3.05, 3.63) is 11.6 Å². The molecule has 0 amide bonds. The number of fused-ring (bicyclic) bond motifs is 1. The first-order valence-corrected chi connectivity index (χ1v) is 10.7. The Morgan fingerprint density at radius 3 is 2.53 bits per heavy atom. The summed E-state index contributed by atoms with van der Waals surface area (Å²) < 4.78 is 31.5. The first-order chi connectivity index (χ1) is 15.4. The van der Waals surface area contributed by atoms with Crippen LogP contribution in [-0.2, 0) is 23.8 Å². The molecular formula is C19H24ClFN6O5. The third-order valence-corrected chi connectivity index (χ3v) is 5.50. The quantitative estimate of drug-likeness (QED) is 0.495. The molecule has 4 atom stereocenters. The van der Waals surface area contributed by atoms with Crippen LogP contribution in [0.5, 0.6) is 0 Å². The number of nitrogens with one attached hydrogen (secondary N) is 1. The zero-order valence-corrected chi connectivity index (χ0v) is 18.4. The van der Waals surface area contributed by atoms with E-state index in [1.54, 1.807) is 0 Å². The number of ether oxygens (including phenoxy) is 3. The average molecular weight is 471 g/mol. The Morgan fingerprint density at radius 1 is 1.19 bits per heavy atom. The summed E-state index contributed by atoms with van der Waals surface area (Å²) in [6.45, 7) is 3.15. The van der Waals surface area contributed by atoms with Gasteiger partial charge in [-0.1, -0.05) is 6.42 Å². The zero-order chi connectivity index (χ0) is 22.8. The van der Waals surface area contributed by atoms with Gasteiger partial charge in [-0.3, -0.25) is 14.2 Å². The number of anilines is 1. The number of hydrogen-bond donors (Lipinski definition) is 1. The summed E-state index contributed by atoms with van der Waals surface area (Å²) in [6.07, 6.45) is 0.300. The van der Waals surface area contributed by atoms with Gasteiger partial charge >= 0.3 is 11.9 Å². The van der Waals surface area contributed by atoms with E-state index in [2.05, 4.69) is 20.4 Å². The highest BCUT2D eigenvalue weighted by Crippen LogP contribution is 2.36. The Hall–Kier alpha value is -2.57. The second-order valence-corrected chi connectivity index (χ2v) is 8.03. The lowest BCUT2D eigenvalue weighted by Crippen LogP contribution is -2.39. The predicted molar refractivity (Wildman–Crippen MR) is 110 cm³/mol. The van der Waals surface area contributed by atoms with Gasteiger partial charge in [-0.15, -0.1) is 0 Å². The topological polar surface area (TPSA) is 121 Å². The molecule has 2 unspecified atom stereocenters. The molecule has 2 aromatic heterocycles. The number of hydrazine groups is 1. The van der Waals surface area contributed by atoms with Gasteiger partial charge in [0, 0.05) is 26.9 Å². The van der Waals surface area contributed by atoms with Crippen LogP contribution in [0.25, 0.3) is 11.2 Å². The third-order valence-electron chi connectivity index (χ3n) is 5.33. The molecule has 13 heteroatoms. The lowest BCUT2D eigenvalue weighted by Gasteiger charge is -2.27. The number of piperidine rings is 1. The minimum absolute atomic E-state index is 0.0284. The number of halogens is 2. The summed E-state index contributed by atoms with van der Waals surface area (Å²) in [5.74, 6) is -0.866. The Morgan fingerprint density at radius 2 is 1.88 bits per heavy atom. The van der Waals surface area contributed by atoms with Crippen molar-refractivity contribution in [1.29, 1.82) is 0 Å². The molecule has 1 N–H and O–H groups in total. The summed E-state index contributed by atoms with van der Waals surface area (Å²) in [7, 11) is 0. The van der Waals surface area contributed by atoms with Gasteiger partial charge in [0.05, 0.1) is 6.33 Å². The van der Waals surface area contributed by atoms with Crippen LogP contribution >= 0.6 is 11.6 Å². The molecule has 0 bridgehead atoms. The van der Waals surface area contributed by atoms with Crippen molar-refractivity contribution in [3.8, 4) is 0 Å². The molecule has 2 aliphatic rings. The van der Waals surface area contributed by atoms with Crippen LogP contribution in [0.1, 0.15) is 39.3 Å². The Bertz CT molecular complexity index is 1000. The number of nitrogens with zero attached hydrogens (tertiary/aromatic N) is 5. The Labute approximate surface area is 188 Å². The van der Waals surface area contributed by atoms with E-state index < -0.39 is 43.2 Å². The number of carbonyl (C=O) groups excluding carboxylic acids is 2. The van der Waals surface area contributed by atoms with Crippen LogP contribution in [0.15, 0.2) is 6.33 Å². The molecule has 0 aliphatic carbocycles. The molecule has 4 heterocycles. The van der Waals surface area contributed by atoms with Gasteiger partial charge in [-0.2, -0.15) is 9.97 Å². The molecule has 4 rings (SSSR count). The standard InChI is InChI=1S/C19H24ClFN6O5/c1-10(28)30-14-12(8-21)32-18(15(14)31-11(2)29)27-9-22-13-16(23-19(20)24-17(13)27)25-26-6-4-3-5-7-26/h9,12,14-15,18H,3-8H2,1-2H3,(H,23,24,25)/t12-,14?,15?,18-/m1/s1. The normalized spacial score (nSPS) is 26.2. The molecule has 2 saturated heterocycles. The van der Waals surface area contributed by atoms with Crippen LogP contribution in [0, 0.1) is 0 Å². The fourth-order valence-electron chi connectivity index (χ4n) is 4.02. The van der Waals surface area contributed by atoms with Crippen molar-refractivity contribution in [2.75, 3.05) is 25.2 Å². The number of imidazole rings is 1. The summed E-state index contributed by atoms with van der Waals surface area (Å²) in [4.78, 5) is 36.2. The SMILES string of the molecule is CC(=O)OC1C(OC(C)=O)[C@@H](CF)O[C@H]1n1cnc2c(NN3CCCCC3)nc(Cl)nc21. The van der Waals surface area contributed by atoms with Gasteiger partial charge in [-0.05, 0) is 24.4 Å². The first-order valence-electron chi connectivity index (χ1n) is 10.3. The number of aromatic nitrogens is 4. The van der Waals surface area contributed by atoms with Crippen molar-refractivity contribution in [1.82, 2.24) is 24.5 Å². The Balaban J connectivity index is 1.71. The molecule has 2 aromatic rings. The molecule has 0 aromatic carbocycles. The highest BCUT2D eigenvalue weighted by atomic mass is 35.5. The molecule has 0 saturated carbocycles. The number of alkyl halides is 1. The monoisotopic (exact) mass is 470 g/mol. The van der Waals surface area contributed by atoms with Gasteiger partial charge in [0.15, 0.2) is 35.4 Å². The van der Waals surface area contributed by atoms with Crippen molar-refractivity contribution < 1.29 is 28.2 Å². The maximum atomic E-state index is 13.7. The molecule has 2 fully saturated rings. The van der Waals surface area contributed by atoms with E-state index in [-0.39, 0.29) is 5.28 Å². The van der Waals surface area contributed by atoms with Gasteiger partial charge in [0.1, 0.15) is 12.8 Å². The van der Waals surface area contributed by atoms with Crippen molar-refractivity contribution >= 4 is 40.5 Å². The highest BCUT2D eigenvalue weighted by molar-refractivity contribution is 6.28. The summed E-state index contributed by atoms with van der Waals surface area (Å²) >= 11 is 6.17. The second-order valence-electron chi connectivity index (χ2n) is 7.69. The van der Waals surface area contributed by atoms with E-state index in [4.69, 9.17) is 25.8 Å². The van der Waals surface area contributed by atoms with Crippen molar-refractivity contribution in [3.63, 3.8) is 0 Å². The average Bonchev–Trinajstić information content (AvgIpc) is 3.29. The van der Waals surface area contributed by atoms with E-state index in [0.29, 0.717) is 17.0 Å². The maximum absolute atomic E-state index is 13.7. The minimum Gasteiger partial charge on any atom is -0.455 e. The highest BCUT2D eigenvalue weighted by Gasteiger charge is 2.50. The van der Waals surface area contributed by atoms with Crippen LogP contribution in [0.3, 0.4) is 0 Å². The van der Waals surface area contributed by atoms with Gasteiger partial charge in [-0.25, -0.2) is 14.4 Å². The fraction of sp³-hybridized carbons (Fsp3) is 0.632. The lowest BCUT2D eigenvalue weighted by molar-refractivity contribution is -0.165. The van der Waals surface area contributed by atoms with E-state index in [1.165, 1.54) is 31.2 Å². The first kappa shape index (κ1) is 22.6. The van der Waals surface area contributed by atoms with Gasteiger partial charge < -0.3 is 19.6 Å². The summed E-state index contributed by atoms with van der Waals surface area (Å²) in [5.41, 5.74) is 3.95.